The summed E-state index contributed by atoms with van der Waals surface area (Å²) in [4.78, 5) is 0. The largest absolute Gasteiger partial charge is 0.544 e. The van der Waals surface area contributed by atoms with E-state index in [4.69, 9.17) is 4.43 Å². The fraction of sp³-hybridized carbons (Fsp3) is 0.529. The van der Waals surface area contributed by atoms with E-state index in [-0.39, 0.29) is 5.04 Å². The van der Waals surface area contributed by atoms with E-state index >= 15 is 0 Å². The first kappa shape index (κ1) is 16.0. The molecular formula is C17H28OSi. The highest BCUT2D eigenvalue weighted by atomic mass is 28.4. The lowest BCUT2D eigenvalue weighted by atomic mass is 10.2. The molecule has 0 aliphatic heterocycles. The van der Waals surface area contributed by atoms with Crippen molar-refractivity contribution in [3.05, 3.63) is 35.9 Å². The summed E-state index contributed by atoms with van der Waals surface area (Å²) in [6, 6.07) is 8.45. The summed E-state index contributed by atoms with van der Waals surface area (Å²) in [5.41, 5.74) is 1.25. The van der Waals surface area contributed by atoms with Gasteiger partial charge in [0.1, 0.15) is 5.75 Å². The normalized spacial score (nSPS) is 12.9. The second-order valence-corrected chi connectivity index (χ2v) is 11.3. The number of benzene rings is 1. The fourth-order valence-electron chi connectivity index (χ4n) is 1.48. The van der Waals surface area contributed by atoms with Gasteiger partial charge in [0.2, 0.25) is 8.32 Å². The molecule has 0 bridgehead atoms. The zero-order chi connectivity index (χ0) is 14.5. The van der Waals surface area contributed by atoms with E-state index < -0.39 is 8.32 Å². The summed E-state index contributed by atoms with van der Waals surface area (Å²) in [7, 11) is -1.71. The van der Waals surface area contributed by atoms with Gasteiger partial charge in [0.05, 0.1) is 0 Å². The Kier molecular flexibility index (Phi) is 5.42. The van der Waals surface area contributed by atoms with Crippen molar-refractivity contribution in [3.63, 3.8) is 0 Å². The van der Waals surface area contributed by atoms with Crippen molar-refractivity contribution in [1.29, 1.82) is 0 Å². The van der Waals surface area contributed by atoms with Gasteiger partial charge in [0, 0.05) is 0 Å². The Hall–Kier alpha value is -1.02. The minimum atomic E-state index is -1.71. The molecular weight excluding hydrogens is 248 g/mol. The molecule has 0 aromatic heterocycles. The molecule has 1 rings (SSSR count). The van der Waals surface area contributed by atoms with Crippen LogP contribution >= 0.6 is 0 Å². The average Bonchev–Trinajstić information content (AvgIpc) is 2.30. The highest BCUT2D eigenvalue weighted by molar-refractivity contribution is 6.74. The molecule has 0 amide bonds. The molecule has 1 aromatic rings. The Bertz CT molecular complexity index is 410. The van der Waals surface area contributed by atoms with Gasteiger partial charge in [-0.15, -0.1) is 0 Å². The fourth-order valence-corrected chi connectivity index (χ4v) is 2.51. The molecule has 1 aromatic carbocycles. The van der Waals surface area contributed by atoms with Gasteiger partial charge in [-0.25, -0.2) is 0 Å². The van der Waals surface area contributed by atoms with Crippen LogP contribution in [0.4, 0.5) is 0 Å². The maximum absolute atomic E-state index is 6.26. The van der Waals surface area contributed by atoms with Crippen LogP contribution in [0, 0.1) is 0 Å². The molecule has 0 spiro atoms. The third-order valence-corrected chi connectivity index (χ3v) is 8.18. The van der Waals surface area contributed by atoms with Crippen molar-refractivity contribution in [2.75, 3.05) is 0 Å². The van der Waals surface area contributed by atoms with Crippen molar-refractivity contribution in [1.82, 2.24) is 0 Å². The number of rotatable bonds is 5. The number of unbranched alkanes of at least 4 members (excludes halogenated alkanes) is 1. The topological polar surface area (TPSA) is 9.23 Å². The van der Waals surface area contributed by atoms with Crippen LogP contribution in [0.5, 0.6) is 5.75 Å². The third-order valence-electron chi connectivity index (χ3n) is 3.82. The number of hydrogen-bond donors (Lipinski definition) is 0. The van der Waals surface area contributed by atoms with Gasteiger partial charge in [-0.05, 0) is 42.2 Å². The van der Waals surface area contributed by atoms with E-state index in [0.717, 1.165) is 12.2 Å². The summed E-state index contributed by atoms with van der Waals surface area (Å²) >= 11 is 0. The molecule has 0 aliphatic carbocycles. The summed E-state index contributed by atoms with van der Waals surface area (Å²) in [6.07, 6.45) is 6.74. The number of hydrogen-bond acceptors (Lipinski definition) is 1. The van der Waals surface area contributed by atoms with E-state index in [1.165, 1.54) is 12.0 Å². The lowest BCUT2D eigenvalue weighted by molar-refractivity contribution is 0.492. The van der Waals surface area contributed by atoms with Crippen LogP contribution in [0.3, 0.4) is 0 Å². The SMILES string of the molecule is CCC/C=C/c1ccc(O[Si](C)(C)C(C)(C)C)cc1. The summed E-state index contributed by atoms with van der Waals surface area (Å²) < 4.78 is 6.26. The molecule has 0 atom stereocenters. The Balaban J connectivity index is 2.72. The van der Waals surface area contributed by atoms with Crippen LogP contribution in [-0.2, 0) is 0 Å². The minimum absolute atomic E-state index is 0.243. The second kappa shape index (κ2) is 6.42. The first-order chi connectivity index (χ1) is 8.76. The summed E-state index contributed by atoms with van der Waals surface area (Å²) in [5.74, 6) is 0.999. The average molecular weight is 276 g/mol. The van der Waals surface area contributed by atoms with Crippen LogP contribution in [0.15, 0.2) is 30.3 Å². The highest BCUT2D eigenvalue weighted by Crippen LogP contribution is 2.37. The zero-order valence-electron chi connectivity index (χ0n) is 13.3. The van der Waals surface area contributed by atoms with Crippen molar-refractivity contribution in [2.24, 2.45) is 0 Å². The molecule has 0 aliphatic rings. The predicted molar refractivity (Wildman–Crippen MR) is 88.2 cm³/mol. The van der Waals surface area contributed by atoms with E-state index in [1.54, 1.807) is 0 Å². The minimum Gasteiger partial charge on any atom is -0.544 e. The van der Waals surface area contributed by atoms with E-state index in [1.807, 2.05) is 0 Å². The standard InChI is InChI=1S/C17H28OSi/c1-7-8-9-10-15-11-13-16(14-12-15)18-19(5,6)17(2,3)4/h9-14H,7-8H2,1-6H3/b10-9+. The Labute approximate surface area is 119 Å². The van der Waals surface area contributed by atoms with Crippen LogP contribution in [0.1, 0.15) is 46.1 Å². The molecule has 0 heterocycles. The van der Waals surface area contributed by atoms with Crippen molar-refractivity contribution in [2.45, 2.75) is 58.7 Å². The quantitative estimate of drug-likeness (QED) is 0.610. The first-order valence-corrected chi connectivity index (χ1v) is 10.1. The first-order valence-electron chi connectivity index (χ1n) is 7.22. The van der Waals surface area contributed by atoms with Crippen LogP contribution in [0.2, 0.25) is 18.1 Å². The number of allylic oxidation sites excluding steroid dienone is 1. The molecule has 0 N–H and O–H groups in total. The third kappa shape index (κ3) is 4.87. The Morgan fingerprint density at radius 3 is 2.16 bits per heavy atom. The Morgan fingerprint density at radius 2 is 1.68 bits per heavy atom. The molecule has 106 valence electrons. The highest BCUT2D eigenvalue weighted by Gasteiger charge is 2.38. The predicted octanol–water partition coefficient (Wildman–Crippen LogP) is 5.88. The second-order valence-electron chi connectivity index (χ2n) is 6.62. The zero-order valence-corrected chi connectivity index (χ0v) is 14.3. The van der Waals surface area contributed by atoms with Crippen molar-refractivity contribution in [3.8, 4) is 5.75 Å². The summed E-state index contributed by atoms with van der Waals surface area (Å²) in [5, 5.41) is 0.243. The monoisotopic (exact) mass is 276 g/mol. The lowest BCUT2D eigenvalue weighted by Crippen LogP contribution is -2.43. The van der Waals surface area contributed by atoms with Gasteiger partial charge in [0.15, 0.2) is 0 Å². The molecule has 0 fully saturated rings. The molecule has 0 radical (unpaired) electrons. The van der Waals surface area contributed by atoms with Gasteiger partial charge >= 0.3 is 0 Å². The smallest absolute Gasteiger partial charge is 0.250 e. The van der Waals surface area contributed by atoms with E-state index in [2.05, 4.69) is 77.2 Å². The molecule has 2 heteroatoms. The van der Waals surface area contributed by atoms with Crippen molar-refractivity contribution >= 4 is 14.4 Å². The van der Waals surface area contributed by atoms with Gasteiger partial charge < -0.3 is 4.43 Å². The maximum atomic E-state index is 6.26. The maximum Gasteiger partial charge on any atom is 0.250 e. The lowest BCUT2D eigenvalue weighted by Gasteiger charge is -2.36. The van der Waals surface area contributed by atoms with Crippen LogP contribution in [-0.4, -0.2) is 8.32 Å². The van der Waals surface area contributed by atoms with E-state index in [0.29, 0.717) is 0 Å². The van der Waals surface area contributed by atoms with Gasteiger partial charge in [-0.3, -0.25) is 0 Å². The molecule has 0 saturated heterocycles. The van der Waals surface area contributed by atoms with Crippen LogP contribution in [0.25, 0.3) is 6.08 Å². The molecule has 0 saturated carbocycles. The van der Waals surface area contributed by atoms with Crippen LogP contribution < -0.4 is 4.43 Å². The van der Waals surface area contributed by atoms with Gasteiger partial charge in [-0.1, -0.05) is 58.4 Å². The summed E-state index contributed by atoms with van der Waals surface area (Å²) in [6.45, 7) is 13.5. The van der Waals surface area contributed by atoms with Crippen molar-refractivity contribution < 1.29 is 4.43 Å². The van der Waals surface area contributed by atoms with Gasteiger partial charge in [-0.2, -0.15) is 0 Å². The molecule has 1 nitrogen and oxygen atoms in total. The Morgan fingerprint density at radius 1 is 1.11 bits per heavy atom. The molecule has 0 unspecified atom stereocenters. The van der Waals surface area contributed by atoms with E-state index in [9.17, 15) is 0 Å². The molecule has 19 heavy (non-hydrogen) atoms. The van der Waals surface area contributed by atoms with Gasteiger partial charge in [0.25, 0.3) is 0 Å².